The lowest BCUT2D eigenvalue weighted by Crippen LogP contribution is -2.24. The van der Waals surface area contributed by atoms with Crippen LogP contribution in [0.15, 0.2) is 66.7 Å². The van der Waals surface area contributed by atoms with Crippen molar-refractivity contribution in [3.8, 4) is 0 Å². The maximum absolute atomic E-state index is 13.1. The van der Waals surface area contributed by atoms with Crippen molar-refractivity contribution in [3.63, 3.8) is 0 Å². The van der Waals surface area contributed by atoms with E-state index in [1.54, 1.807) is 0 Å². The van der Waals surface area contributed by atoms with Crippen LogP contribution in [0.3, 0.4) is 0 Å². The van der Waals surface area contributed by atoms with Crippen molar-refractivity contribution in [2.75, 3.05) is 0 Å². The third-order valence-electron chi connectivity index (χ3n) is 4.00. The first-order chi connectivity index (χ1) is 11.1. The Labute approximate surface area is 136 Å². The predicted octanol–water partition coefficient (Wildman–Crippen LogP) is 4.17. The highest BCUT2D eigenvalue weighted by Crippen LogP contribution is 2.23. The standard InChI is InChI=1S/C20H20N2O/c1-15-13-16(2)22(21-15)20(23)19(18-11-7-4-8-12-18)14-17-9-5-3-6-10-17/h3-13,19H,14H2,1-2H3. The zero-order valence-electron chi connectivity index (χ0n) is 13.4. The van der Waals surface area contributed by atoms with Crippen LogP contribution in [0.5, 0.6) is 0 Å². The molecule has 3 nitrogen and oxygen atoms in total. The summed E-state index contributed by atoms with van der Waals surface area (Å²) >= 11 is 0. The number of aromatic nitrogens is 2. The van der Waals surface area contributed by atoms with Crippen LogP contribution in [0, 0.1) is 13.8 Å². The lowest BCUT2D eigenvalue weighted by Gasteiger charge is -2.17. The number of carbonyl (C=O) groups is 1. The van der Waals surface area contributed by atoms with Gasteiger partial charge in [0.25, 0.3) is 5.91 Å². The second kappa shape index (κ2) is 6.61. The highest BCUT2D eigenvalue weighted by atomic mass is 16.2. The van der Waals surface area contributed by atoms with Gasteiger partial charge in [0.2, 0.25) is 0 Å². The summed E-state index contributed by atoms with van der Waals surface area (Å²) in [6.45, 7) is 3.83. The predicted molar refractivity (Wildman–Crippen MR) is 91.7 cm³/mol. The fourth-order valence-electron chi connectivity index (χ4n) is 2.88. The van der Waals surface area contributed by atoms with Gasteiger partial charge in [-0.15, -0.1) is 0 Å². The maximum atomic E-state index is 13.1. The summed E-state index contributed by atoms with van der Waals surface area (Å²) in [5.41, 5.74) is 3.91. The third kappa shape index (κ3) is 3.39. The molecule has 3 rings (SSSR count). The van der Waals surface area contributed by atoms with Crippen molar-refractivity contribution in [2.45, 2.75) is 26.2 Å². The first kappa shape index (κ1) is 15.2. The van der Waals surface area contributed by atoms with Gasteiger partial charge in [0.1, 0.15) is 0 Å². The average molecular weight is 304 g/mol. The van der Waals surface area contributed by atoms with E-state index in [1.807, 2.05) is 68.4 Å². The Morgan fingerprint density at radius 2 is 1.61 bits per heavy atom. The van der Waals surface area contributed by atoms with E-state index in [2.05, 4.69) is 17.2 Å². The minimum atomic E-state index is -0.239. The number of rotatable bonds is 4. The molecule has 0 aliphatic heterocycles. The first-order valence-electron chi connectivity index (χ1n) is 7.81. The van der Waals surface area contributed by atoms with Gasteiger partial charge in [-0.1, -0.05) is 60.7 Å². The van der Waals surface area contributed by atoms with Crippen LogP contribution in [0.25, 0.3) is 0 Å². The summed E-state index contributed by atoms with van der Waals surface area (Å²) in [6, 6.07) is 22.0. The molecule has 0 radical (unpaired) electrons. The Morgan fingerprint density at radius 3 is 2.17 bits per heavy atom. The number of hydrogen-bond acceptors (Lipinski definition) is 2. The average Bonchev–Trinajstić information content (AvgIpc) is 2.92. The van der Waals surface area contributed by atoms with Gasteiger partial charge < -0.3 is 0 Å². The Bertz CT molecular complexity index is 791. The van der Waals surface area contributed by atoms with Crippen molar-refractivity contribution in [1.82, 2.24) is 9.78 Å². The third-order valence-corrected chi connectivity index (χ3v) is 4.00. The topological polar surface area (TPSA) is 34.9 Å². The van der Waals surface area contributed by atoms with Crippen LogP contribution in [0.2, 0.25) is 0 Å². The number of nitrogens with zero attached hydrogens (tertiary/aromatic N) is 2. The van der Waals surface area contributed by atoms with E-state index in [-0.39, 0.29) is 11.8 Å². The molecule has 1 heterocycles. The minimum Gasteiger partial charge on any atom is -0.272 e. The van der Waals surface area contributed by atoms with Gasteiger partial charge in [-0.3, -0.25) is 4.79 Å². The molecule has 0 aliphatic rings. The van der Waals surface area contributed by atoms with Crippen LogP contribution in [0.1, 0.15) is 33.2 Å². The summed E-state index contributed by atoms with van der Waals surface area (Å²) < 4.78 is 1.54. The van der Waals surface area contributed by atoms with Crippen molar-refractivity contribution < 1.29 is 4.79 Å². The summed E-state index contributed by atoms with van der Waals surface area (Å²) in [5, 5.41) is 4.37. The molecule has 2 aromatic carbocycles. The van der Waals surface area contributed by atoms with Crippen molar-refractivity contribution in [1.29, 1.82) is 0 Å². The Balaban J connectivity index is 1.98. The Morgan fingerprint density at radius 1 is 1.00 bits per heavy atom. The molecule has 0 fully saturated rings. The number of carbonyl (C=O) groups excluding carboxylic acids is 1. The fourth-order valence-corrected chi connectivity index (χ4v) is 2.88. The molecule has 3 heteroatoms. The van der Waals surface area contributed by atoms with Crippen molar-refractivity contribution in [3.05, 3.63) is 89.2 Å². The number of benzene rings is 2. The SMILES string of the molecule is Cc1cc(C)n(C(=O)C(Cc2ccccc2)c2ccccc2)n1. The maximum Gasteiger partial charge on any atom is 0.254 e. The van der Waals surface area contributed by atoms with Gasteiger partial charge in [0, 0.05) is 5.69 Å². The van der Waals surface area contributed by atoms with E-state index in [1.165, 1.54) is 4.68 Å². The smallest absolute Gasteiger partial charge is 0.254 e. The van der Waals surface area contributed by atoms with Crippen LogP contribution < -0.4 is 0 Å². The molecular weight excluding hydrogens is 284 g/mol. The van der Waals surface area contributed by atoms with Crippen LogP contribution in [-0.2, 0) is 6.42 Å². The molecule has 0 saturated carbocycles. The fraction of sp³-hybridized carbons (Fsp3) is 0.200. The number of aryl methyl sites for hydroxylation is 2. The summed E-state index contributed by atoms with van der Waals surface area (Å²) in [7, 11) is 0. The zero-order chi connectivity index (χ0) is 16.2. The van der Waals surface area contributed by atoms with E-state index in [4.69, 9.17) is 0 Å². The van der Waals surface area contributed by atoms with E-state index in [0.29, 0.717) is 6.42 Å². The normalized spacial score (nSPS) is 12.1. The molecular formula is C20H20N2O. The highest BCUT2D eigenvalue weighted by Gasteiger charge is 2.24. The number of hydrogen-bond donors (Lipinski definition) is 0. The van der Waals surface area contributed by atoms with Gasteiger partial charge in [-0.2, -0.15) is 5.10 Å². The molecule has 3 aromatic rings. The molecule has 1 atom stereocenters. The van der Waals surface area contributed by atoms with Gasteiger partial charge in [-0.05, 0) is 37.5 Å². The minimum absolute atomic E-state index is 0.0191. The van der Waals surface area contributed by atoms with Gasteiger partial charge in [0.15, 0.2) is 0 Å². The Hall–Kier alpha value is -2.68. The van der Waals surface area contributed by atoms with Crippen LogP contribution in [0.4, 0.5) is 0 Å². The molecule has 0 amide bonds. The van der Waals surface area contributed by atoms with E-state index in [9.17, 15) is 4.79 Å². The molecule has 1 unspecified atom stereocenters. The molecule has 0 N–H and O–H groups in total. The lowest BCUT2D eigenvalue weighted by atomic mass is 9.91. The van der Waals surface area contributed by atoms with E-state index in [0.717, 1.165) is 22.5 Å². The molecule has 23 heavy (non-hydrogen) atoms. The molecule has 0 bridgehead atoms. The quantitative estimate of drug-likeness (QED) is 0.725. The highest BCUT2D eigenvalue weighted by molar-refractivity contribution is 5.86. The monoisotopic (exact) mass is 304 g/mol. The van der Waals surface area contributed by atoms with E-state index >= 15 is 0 Å². The summed E-state index contributed by atoms with van der Waals surface area (Å²) in [6.07, 6.45) is 0.669. The second-order valence-electron chi connectivity index (χ2n) is 5.83. The van der Waals surface area contributed by atoms with Gasteiger partial charge >= 0.3 is 0 Å². The summed E-state index contributed by atoms with van der Waals surface area (Å²) in [5.74, 6) is -0.220. The summed E-state index contributed by atoms with van der Waals surface area (Å²) in [4.78, 5) is 13.1. The second-order valence-corrected chi connectivity index (χ2v) is 5.83. The molecule has 116 valence electrons. The van der Waals surface area contributed by atoms with Crippen molar-refractivity contribution >= 4 is 5.91 Å². The largest absolute Gasteiger partial charge is 0.272 e. The van der Waals surface area contributed by atoms with Gasteiger partial charge in [-0.25, -0.2) is 4.68 Å². The van der Waals surface area contributed by atoms with E-state index < -0.39 is 0 Å². The lowest BCUT2D eigenvalue weighted by molar-refractivity contribution is 0.0857. The van der Waals surface area contributed by atoms with Crippen molar-refractivity contribution in [2.24, 2.45) is 0 Å². The molecule has 0 spiro atoms. The molecule has 1 aromatic heterocycles. The van der Waals surface area contributed by atoms with Crippen LogP contribution in [-0.4, -0.2) is 15.7 Å². The first-order valence-corrected chi connectivity index (χ1v) is 7.81. The van der Waals surface area contributed by atoms with Crippen LogP contribution >= 0.6 is 0 Å². The Kier molecular flexibility index (Phi) is 4.38. The molecule has 0 saturated heterocycles. The zero-order valence-corrected chi connectivity index (χ0v) is 13.4. The van der Waals surface area contributed by atoms with Gasteiger partial charge in [0.05, 0.1) is 11.6 Å². The molecule has 0 aliphatic carbocycles.